The predicted molar refractivity (Wildman–Crippen MR) is 117 cm³/mol. The van der Waals surface area contributed by atoms with E-state index in [-0.39, 0.29) is 17.6 Å². The van der Waals surface area contributed by atoms with Crippen molar-refractivity contribution in [3.8, 4) is 0 Å². The van der Waals surface area contributed by atoms with E-state index in [1.165, 1.54) is 12.1 Å². The van der Waals surface area contributed by atoms with Gasteiger partial charge in [-0.05, 0) is 42.3 Å². The summed E-state index contributed by atoms with van der Waals surface area (Å²) in [6.07, 6.45) is 0.882. The highest BCUT2D eigenvalue weighted by Crippen LogP contribution is 2.19. The highest BCUT2D eigenvalue weighted by molar-refractivity contribution is 5.98. The third kappa shape index (κ3) is 5.89. The molecule has 0 unspecified atom stereocenters. The Kier molecular flexibility index (Phi) is 6.87. The van der Waals surface area contributed by atoms with Gasteiger partial charge in [-0.1, -0.05) is 39.0 Å². The molecule has 1 heterocycles. The Morgan fingerprint density at radius 2 is 1.73 bits per heavy atom. The Hall–Kier alpha value is -2.73. The molecule has 0 saturated carbocycles. The van der Waals surface area contributed by atoms with Crippen LogP contribution in [0.5, 0.6) is 0 Å². The van der Waals surface area contributed by atoms with E-state index >= 15 is 0 Å². The summed E-state index contributed by atoms with van der Waals surface area (Å²) < 4.78 is 13.1. The molecule has 1 fully saturated rings. The standard InChI is InChI=1S/C24H30FN3O2/c1-24(2,3)23(30)26-21-7-4-6-19(16-21)22(29)28-13-5-12-27(14-15-28)17-18-8-10-20(25)11-9-18/h4,6-11,16H,5,12-15,17H2,1-3H3,(H,26,30). The van der Waals surface area contributed by atoms with Crippen molar-refractivity contribution < 1.29 is 14.0 Å². The van der Waals surface area contributed by atoms with Crippen molar-refractivity contribution in [3.63, 3.8) is 0 Å². The van der Waals surface area contributed by atoms with E-state index in [1.807, 2.05) is 25.7 Å². The van der Waals surface area contributed by atoms with Gasteiger partial charge in [-0.15, -0.1) is 0 Å². The molecule has 2 aromatic rings. The van der Waals surface area contributed by atoms with Gasteiger partial charge in [-0.3, -0.25) is 14.5 Å². The summed E-state index contributed by atoms with van der Waals surface area (Å²) >= 11 is 0. The number of benzene rings is 2. The van der Waals surface area contributed by atoms with Gasteiger partial charge in [0.25, 0.3) is 5.91 Å². The van der Waals surface area contributed by atoms with Crippen LogP contribution in [0.25, 0.3) is 0 Å². The number of halogens is 1. The number of nitrogens with one attached hydrogen (secondary N) is 1. The molecule has 1 aliphatic heterocycles. The van der Waals surface area contributed by atoms with E-state index < -0.39 is 5.41 Å². The van der Waals surface area contributed by atoms with E-state index in [0.717, 1.165) is 31.6 Å². The van der Waals surface area contributed by atoms with Crippen LogP contribution >= 0.6 is 0 Å². The molecule has 160 valence electrons. The molecule has 0 aliphatic carbocycles. The molecule has 2 amide bonds. The quantitative estimate of drug-likeness (QED) is 0.822. The van der Waals surface area contributed by atoms with Crippen LogP contribution in [0.1, 0.15) is 43.1 Å². The molecule has 3 rings (SSSR count). The van der Waals surface area contributed by atoms with Crippen LogP contribution in [0, 0.1) is 11.2 Å². The van der Waals surface area contributed by atoms with Gasteiger partial charge in [0.2, 0.25) is 5.91 Å². The maximum absolute atomic E-state index is 13.1. The molecule has 2 aromatic carbocycles. The Labute approximate surface area is 177 Å². The van der Waals surface area contributed by atoms with Gasteiger partial charge in [0, 0.05) is 49.4 Å². The van der Waals surface area contributed by atoms with Gasteiger partial charge >= 0.3 is 0 Å². The van der Waals surface area contributed by atoms with E-state index in [9.17, 15) is 14.0 Å². The fourth-order valence-corrected chi connectivity index (χ4v) is 3.41. The van der Waals surface area contributed by atoms with Gasteiger partial charge in [0.15, 0.2) is 0 Å². The van der Waals surface area contributed by atoms with Crippen molar-refractivity contribution in [2.24, 2.45) is 5.41 Å². The van der Waals surface area contributed by atoms with Crippen molar-refractivity contribution in [2.75, 3.05) is 31.5 Å². The number of amides is 2. The van der Waals surface area contributed by atoms with Crippen molar-refractivity contribution in [2.45, 2.75) is 33.7 Å². The first-order valence-electron chi connectivity index (χ1n) is 10.4. The maximum Gasteiger partial charge on any atom is 0.253 e. The monoisotopic (exact) mass is 411 g/mol. The van der Waals surface area contributed by atoms with Crippen LogP contribution in [0.4, 0.5) is 10.1 Å². The first kappa shape index (κ1) is 22.0. The van der Waals surface area contributed by atoms with Gasteiger partial charge in [0.05, 0.1) is 0 Å². The molecule has 6 heteroatoms. The minimum Gasteiger partial charge on any atom is -0.337 e. The summed E-state index contributed by atoms with van der Waals surface area (Å²) in [6.45, 7) is 9.30. The average Bonchev–Trinajstić information content (AvgIpc) is 2.94. The highest BCUT2D eigenvalue weighted by Gasteiger charge is 2.23. The molecular formula is C24H30FN3O2. The van der Waals surface area contributed by atoms with Crippen molar-refractivity contribution in [1.82, 2.24) is 9.80 Å². The number of anilines is 1. The molecule has 0 bridgehead atoms. The van der Waals surface area contributed by atoms with Gasteiger partial charge in [-0.25, -0.2) is 4.39 Å². The molecule has 1 aliphatic rings. The summed E-state index contributed by atoms with van der Waals surface area (Å²) in [5, 5.41) is 2.89. The van der Waals surface area contributed by atoms with Crippen molar-refractivity contribution in [3.05, 3.63) is 65.5 Å². The van der Waals surface area contributed by atoms with Gasteiger partial charge in [-0.2, -0.15) is 0 Å². The lowest BCUT2D eigenvalue weighted by Crippen LogP contribution is -2.35. The minimum atomic E-state index is -0.501. The molecule has 0 spiro atoms. The van der Waals surface area contributed by atoms with E-state index in [2.05, 4.69) is 10.2 Å². The zero-order valence-corrected chi connectivity index (χ0v) is 18.0. The second-order valence-electron chi connectivity index (χ2n) is 8.83. The highest BCUT2D eigenvalue weighted by atomic mass is 19.1. The summed E-state index contributed by atoms with van der Waals surface area (Å²) in [7, 11) is 0. The number of hydrogen-bond donors (Lipinski definition) is 1. The third-order valence-corrected chi connectivity index (χ3v) is 5.24. The molecule has 0 radical (unpaired) electrons. The van der Waals surface area contributed by atoms with Crippen LogP contribution in [-0.2, 0) is 11.3 Å². The first-order valence-corrected chi connectivity index (χ1v) is 10.4. The largest absolute Gasteiger partial charge is 0.337 e. The maximum atomic E-state index is 13.1. The minimum absolute atomic E-state index is 0.0227. The second-order valence-corrected chi connectivity index (χ2v) is 8.83. The molecule has 0 atom stereocenters. The first-order chi connectivity index (χ1) is 14.2. The normalized spacial score (nSPS) is 15.5. The summed E-state index contributed by atoms with van der Waals surface area (Å²) in [5.74, 6) is -0.337. The van der Waals surface area contributed by atoms with Gasteiger partial charge < -0.3 is 10.2 Å². The fourth-order valence-electron chi connectivity index (χ4n) is 3.41. The smallest absolute Gasteiger partial charge is 0.253 e. The second kappa shape index (κ2) is 9.39. The van der Waals surface area contributed by atoms with Crippen LogP contribution in [0.2, 0.25) is 0 Å². The average molecular weight is 412 g/mol. The Morgan fingerprint density at radius 1 is 1.00 bits per heavy atom. The third-order valence-electron chi connectivity index (χ3n) is 5.24. The number of hydrogen-bond acceptors (Lipinski definition) is 3. The van der Waals surface area contributed by atoms with Crippen molar-refractivity contribution >= 4 is 17.5 Å². The molecular weight excluding hydrogens is 381 g/mol. The number of carbonyl (C=O) groups excluding carboxylic acids is 2. The van der Waals surface area contributed by atoms with Crippen LogP contribution in [0.3, 0.4) is 0 Å². The van der Waals surface area contributed by atoms with Crippen LogP contribution < -0.4 is 5.32 Å². The van der Waals surface area contributed by atoms with Crippen LogP contribution in [-0.4, -0.2) is 47.8 Å². The predicted octanol–water partition coefficient (Wildman–Crippen LogP) is 4.16. The van der Waals surface area contributed by atoms with E-state index in [0.29, 0.717) is 24.3 Å². The van der Waals surface area contributed by atoms with E-state index in [4.69, 9.17) is 0 Å². The Bertz CT molecular complexity index is 890. The lowest BCUT2D eigenvalue weighted by atomic mass is 9.95. The summed E-state index contributed by atoms with van der Waals surface area (Å²) in [5.41, 5.74) is 1.78. The zero-order valence-electron chi connectivity index (χ0n) is 18.0. The van der Waals surface area contributed by atoms with Gasteiger partial charge in [0.1, 0.15) is 5.82 Å². The fraction of sp³-hybridized carbons (Fsp3) is 0.417. The molecule has 1 N–H and O–H groups in total. The number of nitrogens with zero attached hydrogens (tertiary/aromatic N) is 2. The lowest BCUT2D eigenvalue weighted by molar-refractivity contribution is -0.123. The SMILES string of the molecule is CC(C)(C)C(=O)Nc1cccc(C(=O)N2CCCN(Cc3ccc(F)cc3)CC2)c1. The van der Waals surface area contributed by atoms with Crippen molar-refractivity contribution in [1.29, 1.82) is 0 Å². The Morgan fingerprint density at radius 3 is 2.43 bits per heavy atom. The van der Waals surface area contributed by atoms with Crippen LogP contribution in [0.15, 0.2) is 48.5 Å². The summed E-state index contributed by atoms with van der Waals surface area (Å²) in [6, 6.07) is 13.7. The molecule has 5 nitrogen and oxygen atoms in total. The summed E-state index contributed by atoms with van der Waals surface area (Å²) in [4.78, 5) is 29.4. The van der Waals surface area contributed by atoms with E-state index in [1.54, 1.807) is 36.4 Å². The zero-order chi connectivity index (χ0) is 21.7. The Balaban J connectivity index is 1.61. The number of rotatable bonds is 4. The topological polar surface area (TPSA) is 52.7 Å². The lowest BCUT2D eigenvalue weighted by Gasteiger charge is -2.22. The molecule has 0 aromatic heterocycles. The molecule has 1 saturated heterocycles. The molecule has 30 heavy (non-hydrogen) atoms. The number of carbonyl (C=O) groups is 2.